The zero-order valence-corrected chi connectivity index (χ0v) is 10.7. The summed E-state index contributed by atoms with van der Waals surface area (Å²) < 4.78 is 0. The summed E-state index contributed by atoms with van der Waals surface area (Å²) in [5, 5.41) is 2.84. The summed E-state index contributed by atoms with van der Waals surface area (Å²) in [6.07, 6.45) is 1.69. The van der Waals surface area contributed by atoms with Crippen molar-refractivity contribution in [3.63, 3.8) is 0 Å². The highest BCUT2D eigenvalue weighted by atomic mass is 16.2. The summed E-state index contributed by atoms with van der Waals surface area (Å²) in [4.78, 5) is 25.2. The maximum atomic E-state index is 12.1. The molecule has 0 unspecified atom stereocenters. The van der Waals surface area contributed by atoms with E-state index in [4.69, 9.17) is 0 Å². The number of nitrogens with zero attached hydrogens (tertiary/aromatic N) is 1. The average Bonchev–Trinajstić information content (AvgIpc) is 2.33. The van der Waals surface area contributed by atoms with Gasteiger partial charge in [-0.15, -0.1) is 0 Å². The second kappa shape index (κ2) is 4.29. The summed E-state index contributed by atoms with van der Waals surface area (Å²) in [5.41, 5.74) is 0.673. The van der Waals surface area contributed by atoms with Crippen molar-refractivity contribution in [3.8, 4) is 0 Å². The van der Waals surface area contributed by atoms with Crippen LogP contribution < -0.4 is 5.32 Å². The Morgan fingerprint density at radius 2 is 1.83 bits per heavy atom. The molecule has 0 saturated carbocycles. The summed E-state index contributed by atoms with van der Waals surface area (Å²) in [7, 11) is 0. The van der Waals surface area contributed by atoms with E-state index in [0.717, 1.165) is 5.56 Å². The minimum absolute atomic E-state index is 0.150. The van der Waals surface area contributed by atoms with E-state index >= 15 is 0 Å². The average molecular weight is 244 g/mol. The van der Waals surface area contributed by atoms with Gasteiger partial charge < -0.3 is 10.2 Å². The van der Waals surface area contributed by atoms with Crippen LogP contribution in [-0.2, 0) is 9.59 Å². The molecule has 2 amide bonds. The van der Waals surface area contributed by atoms with Crippen LogP contribution in [0.5, 0.6) is 0 Å². The van der Waals surface area contributed by atoms with Crippen molar-refractivity contribution in [3.05, 3.63) is 42.1 Å². The van der Waals surface area contributed by atoms with Crippen LogP contribution in [0.4, 0.5) is 0 Å². The van der Waals surface area contributed by atoms with E-state index in [2.05, 4.69) is 5.32 Å². The van der Waals surface area contributed by atoms with Gasteiger partial charge >= 0.3 is 0 Å². The molecule has 4 heteroatoms. The van der Waals surface area contributed by atoms with Gasteiger partial charge in [0.15, 0.2) is 0 Å². The molecule has 0 saturated heterocycles. The molecule has 0 spiro atoms. The third-order valence-electron chi connectivity index (χ3n) is 3.09. The molecule has 1 aromatic carbocycles. The van der Waals surface area contributed by atoms with Crippen LogP contribution in [0.2, 0.25) is 0 Å². The number of carbonyl (C=O) groups excluding carboxylic acids is 2. The molecule has 0 aromatic heterocycles. The molecule has 0 fully saturated rings. The van der Waals surface area contributed by atoms with Gasteiger partial charge in [0, 0.05) is 13.1 Å². The second-order valence-electron chi connectivity index (χ2n) is 4.81. The fourth-order valence-electron chi connectivity index (χ4n) is 1.96. The van der Waals surface area contributed by atoms with E-state index < -0.39 is 5.54 Å². The molecule has 1 aliphatic heterocycles. The number of carbonyl (C=O) groups is 2. The molecule has 2 rings (SSSR count). The summed E-state index contributed by atoms with van der Waals surface area (Å²) >= 11 is 0. The number of rotatable bonds is 1. The molecule has 0 aliphatic carbocycles. The number of nitrogens with one attached hydrogen (secondary N) is 1. The normalized spacial score (nSPS) is 18.1. The number of hydrogen-bond donors (Lipinski definition) is 1. The highest BCUT2D eigenvalue weighted by Gasteiger charge is 2.39. The zero-order chi connectivity index (χ0) is 13.3. The van der Waals surface area contributed by atoms with E-state index in [1.165, 1.54) is 11.8 Å². The lowest BCUT2D eigenvalue weighted by Gasteiger charge is -2.38. The fourth-order valence-corrected chi connectivity index (χ4v) is 1.96. The molecule has 18 heavy (non-hydrogen) atoms. The largest absolute Gasteiger partial charge is 0.322 e. The Labute approximate surface area is 106 Å². The van der Waals surface area contributed by atoms with Gasteiger partial charge in [-0.2, -0.15) is 0 Å². The van der Waals surface area contributed by atoms with E-state index in [0.29, 0.717) is 5.70 Å². The zero-order valence-electron chi connectivity index (χ0n) is 10.7. The van der Waals surface area contributed by atoms with E-state index in [9.17, 15) is 9.59 Å². The first-order chi connectivity index (χ1) is 8.43. The Hall–Kier alpha value is -2.10. The first-order valence-electron chi connectivity index (χ1n) is 5.81. The van der Waals surface area contributed by atoms with Crippen LogP contribution >= 0.6 is 0 Å². The predicted molar refractivity (Wildman–Crippen MR) is 69.2 cm³/mol. The number of amides is 2. The topological polar surface area (TPSA) is 49.4 Å². The Morgan fingerprint density at radius 1 is 1.22 bits per heavy atom. The van der Waals surface area contributed by atoms with Crippen molar-refractivity contribution >= 4 is 17.5 Å². The number of benzene rings is 1. The van der Waals surface area contributed by atoms with Gasteiger partial charge in [0.25, 0.3) is 0 Å². The Balaban J connectivity index is 2.46. The Morgan fingerprint density at radius 3 is 2.39 bits per heavy atom. The molecule has 0 atom stereocenters. The minimum atomic E-state index is -0.857. The van der Waals surface area contributed by atoms with Gasteiger partial charge in [-0.05, 0) is 19.4 Å². The lowest BCUT2D eigenvalue weighted by molar-refractivity contribution is -0.141. The smallest absolute Gasteiger partial charge is 0.250 e. The third kappa shape index (κ3) is 2.01. The molecule has 4 nitrogen and oxygen atoms in total. The van der Waals surface area contributed by atoms with Crippen molar-refractivity contribution in [2.24, 2.45) is 0 Å². The fraction of sp³-hybridized carbons (Fsp3) is 0.286. The maximum absolute atomic E-state index is 12.1. The first kappa shape index (κ1) is 12.4. The molecule has 0 radical (unpaired) electrons. The predicted octanol–water partition coefficient (Wildman–Crippen LogP) is 1.74. The maximum Gasteiger partial charge on any atom is 0.250 e. The molecule has 94 valence electrons. The highest BCUT2D eigenvalue weighted by Crippen LogP contribution is 2.25. The van der Waals surface area contributed by atoms with Gasteiger partial charge in [0.05, 0.1) is 5.70 Å². The summed E-state index contributed by atoms with van der Waals surface area (Å²) in [5.74, 6) is -0.331. The molecule has 1 N–H and O–H groups in total. The highest BCUT2D eigenvalue weighted by molar-refractivity contribution is 5.99. The van der Waals surface area contributed by atoms with Gasteiger partial charge in [-0.1, -0.05) is 30.3 Å². The third-order valence-corrected chi connectivity index (χ3v) is 3.09. The van der Waals surface area contributed by atoms with Gasteiger partial charge in [-0.25, -0.2) is 0 Å². The van der Waals surface area contributed by atoms with E-state index in [1.54, 1.807) is 20.0 Å². The quantitative estimate of drug-likeness (QED) is 0.818. The molecule has 1 heterocycles. The lowest BCUT2D eigenvalue weighted by Crippen LogP contribution is -2.57. The standard InChI is InChI=1S/C14H16N2O2/c1-10(17)16-9-12(11-7-5-4-6-8-11)15-13(18)14(16,2)3/h4-9H,1-3H3,(H,15,18). The van der Waals surface area contributed by atoms with Crippen molar-refractivity contribution in [1.29, 1.82) is 0 Å². The molecule has 1 aliphatic rings. The summed E-state index contributed by atoms with van der Waals surface area (Å²) in [6, 6.07) is 9.47. The Kier molecular flexibility index (Phi) is 2.95. The monoisotopic (exact) mass is 244 g/mol. The van der Waals surface area contributed by atoms with Gasteiger partial charge in [0.2, 0.25) is 11.8 Å². The van der Waals surface area contributed by atoms with Crippen LogP contribution in [0.3, 0.4) is 0 Å². The van der Waals surface area contributed by atoms with Crippen LogP contribution in [-0.4, -0.2) is 22.3 Å². The molecule has 1 aromatic rings. The summed E-state index contributed by atoms with van der Waals surface area (Å²) in [6.45, 7) is 4.91. The van der Waals surface area contributed by atoms with Crippen LogP contribution in [0.15, 0.2) is 36.5 Å². The molecular formula is C14H16N2O2. The van der Waals surface area contributed by atoms with Gasteiger partial charge in [-0.3, -0.25) is 9.59 Å². The van der Waals surface area contributed by atoms with E-state index in [-0.39, 0.29) is 11.8 Å². The van der Waals surface area contributed by atoms with Crippen molar-refractivity contribution in [2.45, 2.75) is 26.3 Å². The molecule has 0 bridgehead atoms. The van der Waals surface area contributed by atoms with Crippen molar-refractivity contribution < 1.29 is 9.59 Å². The lowest BCUT2D eigenvalue weighted by atomic mass is 9.98. The van der Waals surface area contributed by atoms with E-state index in [1.807, 2.05) is 30.3 Å². The minimum Gasteiger partial charge on any atom is -0.322 e. The van der Waals surface area contributed by atoms with Crippen molar-refractivity contribution in [2.75, 3.05) is 0 Å². The molecular weight excluding hydrogens is 228 g/mol. The van der Waals surface area contributed by atoms with Gasteiger partial charge in [0.1, 0.15) is 5.54 Å². The van der Waals surface area contributed by atoms with Crippen LogP contribution in [0.25, 0.3) is 5.70 Å². The SMILES string of the molecule is CC(=O)N1C=C(c2ccccc2)NC(=O)C1(C)C. The first-order valence-corrected chi connectivity index (χ1v) is 5.81. The van der Waals surface area contributed by atoms with Crippen LogP contribution in [0.1, 0.15) is 26.3 Å². The Bertz CT molecular complexity index is 518. The number of hydrogen-bond acceptors (Lipinski definition) is 2. The van der Waals surface area contributed by atoms with Crippen LogP contribution in [0, 0.1) is 0 Å². The van der Waals surface area contributed by atoms with Crippen molar-refractivity contribution in [1.82, 2.24) is 10.2 Å². The second-order valence-corrected chi connectivity index (χ2v) is 4.81.